The molecule has 2 heterocycles. The quantitative estimate of drug-likeness (QED) is 0.815. The number of nitriles is 1. The number of sulfone groups is 1. The van der Waals surface area contributed by atoms with Gasteiger partial charge in [-0.2, -0.15) is 5.26 Å². The van der Waals surface area contributed by atoms with Gasteiger partial charge in [0, 0.05) is 19.3 Å². The molecule has 1 saturated heterocycles. The summed E-state index contributed by atoms with van der Waals surface area (Å²) in [6.45, 7) is 5.65. The average molecular weight is 337 g/mol. The molecule has 0 radical (unpaired) electrons. The zero-order valence-electron chi connectivity index (χ0n) is 13.3. The molecule has 0 N–H and O–H groups in total. The number of pyridine rings is 1. The highest BCUT2D eigenvalue weighted by atomic mass is 32.2. The van der Waals surface area contributed by atoms with Crippen LogP contribution in [-0.4, -0.2) is 48.3 Å². The minimum absolute atomic E-state index is 0.0652. The molecule has 0 unspecified atom stereocenters. The van der Waals surface area contributed by atoms with Crippen molar-refractivity contribution in [1.82, 2.24) is 9.88 Å². The van der Waals surface area contributed by atoms with Crippen LogP contribution < -0.4 is 0 Å². The van der Waals surface area contributed by atoms with E-state index in [-0.39, 0.29) is 17.1 Å². The van der Waals surface area contributed by atoms with Gasteiger partial charge in [-0.15, -0.1) is 0 Å². The molecule has 1 aromatic rings. The fraction of sp³-hybridized carbons (Fsp3) is 0.533. The number of nitrogens with zero attached hydrogens (tertiary/aromatic N) is 3. The van der Waals surface area contributed by atoms with E-state index in [2.05, 4.69) is 4.98 Å². The molecule has 1 aliphatic heterocycles. The molecule has 7 nitrogen and oxygen atoms in total. The van der Waals surface area contributed by atoms with E-state index >= 15 is 0 Å². The highest BCUT2D eigenvalue weighted by Gasteiger charge is 2.38. The molecule has 0 aliphatic carbocycles. The van der Waals surface area contributed by atoms with Gasteiger partial charge < -0.3 is 9.64 Å². The van der Waals surface area contributed by atoms with E-state index in [4.69, 9.17) is 10.00 Å². The zero-order chi connectivity index (χ0) is 17.3. The normalized spacial score (nSPS) is 18.5. The van der Waals surface area contributed by atoms with Crippen molar-refractivity contribution in [2.75, 3.05) is 13.1 Å². The molecule has 2 rings (SSSR count). The van der Waals surface area contributed by atoms with E-state index in [1.165, 1.54) is 23.2 Å². The Hall–Kier alpha value is -2.14. The topological polar surface area (TPSA) is 100 Å². The van der Waals surface area contributed by atoms with Gasteiger partial charge in [0.05, 0.1) is 16.9 Å². The molecule has 1 amide bonds. The van der Waals surface area contributed by atoms with Gasteiger partial charge in [-0.1, -0.05) is 0 Å². The van der Waals surface area contributed by atoms with Gasteiger partial charge in [-0.3, -0.25) is 0 Å². The Labute approximate surface area is 135 Å². The summed E-state index contributed by atoms with van der Waals surface area (Å²) >= 11 is 0. The van der Waals surface area contributed by atoms with Crippen LogP contribution in [0.2, 0.25) is 0 Å². The molecule has 0 aromatic carbocycles. The molecule has 8 heteroatoms. The van der Waals surface area contributed by atoms with Crippen molar-refractivity contribution in [3.05, 3.63) is 23.9 Å². The van der Waals surface area contributed by atoms with Gasteiger partial charge in [0.15, 0.2) is 14.9 Å². The van der Waals surface area contributed by atoms with Crippen molar-refractivity contribution in [3.8, 4) is 6.07 Å². The summed E-state index contributed by atoms with van der Waals surface area (Å²) in [7, 11) is -3.69. The molecule has 1 atom stereocenters. The van der Waals surface area contributed by atoms with Gasteiger partial charge in [-0.05, 0) is 39.3 Å². The third-order valence-corrected chi connectivity index (χ3v) is 5.46. The van der Waals surface area contributed by atoms with Crippen LogP contribution in [0.5, 0.6) is 0 Å². The third kappa shape index (κ3) is 3.99. The number of amides is 1. The third-order valence-electron chi connectivity index (χ3n) is 3.39. The summed E-state index contributed by atoms with van der Waals surface area (Å²) in [6, 6.07) is 4.59. The van der Waals surface area contributed by atoms with Crippen molar-refractivity contribution in [1.29, 1.82) is 5.26 Å². The van der Waals surface area contributed by atoms with E-state index in [1.807, 2.05) is 6.07 Å². The Morgan fingerprint density at radius 3 is 2.78 bits per heavy atom. The van der Waals surface area contributed by atoms with Crippen molar-refractivity contribution < 1.29 is 17.9 Å². The van der Waals surface area contributed by atoms with E-state index in [9.17, 15) is 13.2 Å². The molecule has 0 bridgehead atoms. The largest absolute Gasteiger partial charge is 0.444 e. The second-order valence-corrected chi connectivity index (χ2v) is 8.55. The second-order valence-electron chi connectivity index (χ2n) is 6.38. The first-order valence-corrected chi connectivity index (χ1v) is 8.76. The van der Waals surface area contributed by atoms with Crippen molar-refractivity contribution in [2.24, 2.45) is 0 Å². The van der Waals surface area contributed by atoms with Gasteiger partial charge in [-0.25, -0.2) is 18.2 Å². The second kappa shape index (κ2) is 6.16. The number of hydrogen-bond donors (Lipinski definition) is 0. The standard InChI is InChI=1S/C15H19N3O4S/c1-15(2,3)22-14(19)18-7-5-12(10-18)23(20,21)13-8-11(9-16)4-6-17-13/h4,6,8,12H,5,7,10H2,1-3H3/t12-/m0/s1. The van der Waals surface area contributed by atoms with Crippen molar-refractivity contribution >= 4 is 15.9 Å². The van der Waals surface area contributed by atoms with Gasteiger partial charge >= 0.3 is 6.09 Å². The molecule has 1 fully saturated rings. The molecule has 1 aromatic heterocycles. The van der Waals surface area contributed by atoms with Gasteiger partial charge in [0.1, 0.15) is 5.60 Å². The number of ether oxygens (including phenoxy) is 1. The Morgan fingerprint density at radius 1 is 1.48 bits per heavy atom. The number of likely N-dealkylation sites (tertiary alicyclic amines) is 1. The lowest BCUT2D eigenvalue weighted by Crippen LogP contribution is -2.36. The van der Waals surface area contributed by atoms with Crippen LogP contribution >= 0.6 is 0 Å². The molecule has 1 aliphatic rings. The summed E-state index contributed by atoms with van der Waals surface area (Å²) in [6.07, 6.45) is 1.10. The molecule has 0 saturated carbocycles. The minimum atomic E-state index is -3.69. The lowest BCUT2D eigenvalue weighted by atomic mass is 10.2. The molecular formula is C15H19N3O4S. The highest BCUT2D eigenvalue weighted by molar-refractivity contribution is 7.92. The first kappa shape index (κ1) is 17.2. The summed E-state index contributed by atoms with van der Waals surface area (Å²) in [4.78, 5) is 17.3. The van der Waals surface area contributed by atoms with Crippen LogP contribution in [0.4, 0.5) is 4.79 Å². The lowest BCUT2D eigenvalue weighted by Gasteiger charge is -2.24. The van der Waals surface area contributed by atoms with Gasteiger partial charge in [0.25, 0.3) is 0 Å². The van der Waals surface area contributed by atoms with Gasteiger partial charge in [0.2, 0.25) is 0 Å². The summed E-state index contributed by atoms with van der Waals surface area (Å²) in [5.74, 6) is 0. The Balaban J connectivity index is 2.14. The van der Waals surface area contributed by atoms with Crippen LogP contribution in [0.15, 0.2) is 23.4 Å². The summed E-state index contributed by atoms with van der Waals surface area (Å²) < 4.78 is 30.5. The predicted molar refractivity (Wildman–Crippen MR) is 82.3 cm³/mol. The Morgan fingerprint density at radius 2 is 2.17 bits per heavy atom. The SMILES string of the molecule is CC(C)(C)OC(=O)N1CC[C@H](S(=O)(=O)c2cc(C#N)ccn2)C1. The fourth-order valence-electron chi connectivity index (χ4n) is 2.28. The van der Waals surface area contributed by atoms with Crippen LogP contribution in [-0.2, 0) is 14.6 Å². The zero-order valence-corrected chi connectivity index (χ0v) is 14.1. The molecular weight excluding hydrogens is 318 g/mol. The first-order chi connectivity index (χ1) is 10.6. The maximum Gasteiger partial charge on any atom is 0.410 e. The van der Waals surface area contributed by atoms with E-state index in [1.54, 1.807) is 20.8 Å². The van der Waals surface area contributed by atoms with E-state index in [0.717, 1.165) is 0 Å². The number of carbonyl (C=O) groups excluding carboxylic acids is 1. The number of hydrogen-bond acceptors (Lipinski definition) is 6. The number of carbonyl (C=O) groups is 1. The van der Waals surface area contributed by atoms with Crippen LogP contribution in [0.3, 0.4) is 0 Å². The summed E-state index contributed by atoms with van der Waals surface area (Å²) in [5, 5.41) is 8.00. The monoisotopic (exact) mass is 337 g/mol. The lowest BCUT2D eigenvalue weighted by molar-refractivity contribution is 0.0295. The molecule has 124 valence electrons. The highest BCUT2D eigenvalue weighted by Crippen LogP contribution is 2.24. The average Bonchev–Trinajstić information content (AvgIpc) is 2.96. The molecule has 23 heavy (non-hydrogen) atoms. The van der Waals surface area contributed by atoms with Crippen LogP contribution in [0.25, 0.3) is 0 Å². The maximum atomic E-state index is 12.6. The Bertz CT molecular complexity index is 747. The Kier molecular flexibility index (Phi) is 4.61. The number of aromatic nitrogens is 1. The van der Waals surface area contributed by atoms with Crippen LogP contribution in [0, 0.1) is 11.3 Å². The minimum Gasteiger partial charge on any atom is -0.444 e. The van der Waals surface area contributed by atoms with E-state index < -0.39 is 26.8 Å². The van der Waals surface area contributed by atoms with Crippen LogP contribution in [0.1, 0.15) is 32.8 Å². The van der Waals surface area contributed by atoms with E-state index in [0.29, 0.717) is 13.0 Å². The number of rotatable bonds is 2. The summed E-state index contributed by atoms with van der Waals surface area (Å²) in [5.41, 5.74) is -0.392. The smallest absolute Gasteiger partial charge is 0.410 e. The predicted octanol–water partition coefficient (Wildman–Crippen LogP) is 1.74. The molecule has 0 spiro atoms. The fourth-order valence-corrected chi connectivity index (χ4v) is 3.91. The van der Waals surface area contributed by atoms with Crippen molar-refractivity contribution in [3.63, 3.8) is 0 Å². The van der Waals surface area contributed by atoms with Crippen molar-refractivity contribution in [2.45, 2.75) is 43.1 Å². The maximum absolute atomic E-state index is 12.6. The first-order valence-electron chi connectivity index (χ1n) is 7.21.